The van der Waals surface area contributed by atoms with E-state index in [0.29, 0.717) is 12.4 Å². The average Bonchev–Trinajstić information content (AvgIpc) is 2.46. The van der Waals surface area contributed by atoms with E-state index in [-0.39, 0.29) is 0 Å². The minimum Gasteiger partial charge on any atom is -0.496 e. The van der Waals surface area contributed by atoms with Crippen LogP contribution in [-0.2, 0) is 14.2 Å². The van der Waals surface area contributed by atoms with E-state index in [1.165, 1.54) is 12.0 Å². The number of benzene rings is 1. The molecule has 0 fully saturated rings. The SMILES string of the molecule is CCOC(=O)N1c2ccccc2C=C(OC)C1(C)OC. The molecule has 108 valence electrons. The van der Waals surface area contributed by atoms with Crippen LogP contribution in [0.25, 0.3) is 6.08 Å². The third-order valence-corrected chi connectivity index (χ3v) is 3.42. The number of carbonyl (C=O) groups is 1. The van der Waals surface area contributed by atoms with Crippen LogP contribution in [0.2, 0.25) is 0 Å². The first-order chi connectivity index (χ1) is 9.58. The van der Waals surface area contributed by atoms with Gasteiger partial charge >= 0.3 is 6.09 Å². The van der Waals surface area contributed by atoms with Crippen molar-refractivity contribution in [1.29, 1.82) is 0 Å². The molecule has 1 atom stereocenters. The maximum atomic E-state index is 12.3. The van der Waals surface area contributed by atoms with Gasteiger partial charge in [-0.3, -0.25) is 0 Å². The second kappa shape index (κ2) is 5.54. The molecule has 5 heteroatoms. The zero-order valence-corrected chi connectivity index (χ0v) is 12.2. The van der Waals surface area contributed by atoms with Crippen molar-refractivity contribution < 1.29 is 19.0 Å². The van der Waals surface area contributed by atoms with Gasteiger partial charge in [0.25, 0.3) is 0 Å². The van der Waals surface area contributed by atoms with Gasteiger partial charge in [0.1, 0.15) is 5.76 Å². The summed E-state index contributed by atoms with van der Waals surface area (Å²) in [7, 11) is 3.09. The smallest absolute Gasteiger partial charge is 0.417 e. The highest BCUT2D eigenvalue weighted by Crippen LogP contribution is 2.40. The quantitative estimate of drug-likeness (QED) is 0.852. The highest BCUT2D eigenvalue weighted by atomic mass is 16.6. The van der Waals surface area contributed by atoms with E-state index in [9.17, 15) is 4.79 Å². The molecule has 0 aromatic heterocycles. The zero-order valence-electron chi connectivity index (χ0n) is 12.2. The number of amides is 1. The van der Waals surface area contributed by atoms with Crippen molar-refractivity contribution in [2.24, 2.45) is 0 Å². The molecule has 1 aromatic rings. The van der Waals surface area contributed by atoms with Crippen molar-refractivity contribution >= 4 is 17.9 Å². The van der Waals surface area contributed by atoms with Crippen LogP contribution in [0, 0.1) is 0 Å². The molecule has 1 amide bonds. The van der Waals surface area contributed by atoms with Crippen LogP contribution in [0.1, 0.15) is 19.4 Å². The number of para-hydroxylation sites is 1. The Morgan fingerprint density at radius 3 is 2.60 bits per heavy atom. The van der Waals surface area contributed by atoms with Gasteiger partial charge < -0.3 is 14.2 Å². The van der Waals surface area contributed by atoms with E-state index in [0.717, 1.165) is 11.3 Å². The second-order valence-electron chi connectivity index (χ2n) is 4.49. The lowest BCUT2D eigenvalue weighted by molar-refractivity contribution is -0.00693. The van der Waals surface area contributed by atoms with Gasteiger partial charge in [0.15, 0.2) is 0 Å². The van der Waals surface area contributed by atoms with E-state index in [1.807, 2.05) is 30.3 Å². The molecule has 0 saturated heterocycles. The van der Waals surface area contributed by atoms with Gasteiger partial charge in [-0.05, 0) is 26.0 Å². The van der Waals surface area contributed by atoms with Gasteiger partial charge in [0, 0.05) is 12.7 Å². The molecule has 0 bridgehead atoms. The summed E-state index contributed by atoms with van der Waals surface area (Å²) in [6.07, 6.45) is 1.40. The standard InChI is InChI=1S/C15H19NO4/c1-5-20-14(17)16-12-9-7-6-8-11(12)10-13(18-3)15(16,2)19-4/h6-10H,5H2,1-4H3. The molecule has 0 aliphatic carbocycles. The van der Waals surface area contributed by atoms with Crippen molar-refractivity contribution in [1.82, 2.24) is 0 Å². The number of methoxy groups -OCH3 is 2. The number of nitrogens with zero attached hydrogens (tertiary/aromatic N) is 1. The number of fused-ring (bicyclic) bond motifs is 1. The molecule has 2 rings (SSSR count). The lowest BCUT2D eigenvalue weighted by atomic mass is 9.99. The maximum absolute atomic E-state index is 12.3. The Morgan fingerprint density at radius 1 is 1.30 bits per heavy atom. The summed E-state index contributed by atoms with van der Waals surface area (Å²) in [6, 6.07) is 7.54. The van der Waals surface area contributed by atoms with Gasteiger partial charge in [0.2, 0.25) is 5.72 Å². The number of rotatable bonds is 3. The summed E-state index contributed by atoms with van der Waals surface area (Å²) >= 11 is 0. The van der Waals surface area contributed by atoms with Crippen molar-refractivity contribution in [3.05, 3.63) is 35.6 Å². The van der Waals surface area contributed by atoms with E-state index in [1.54, 1.807) is 21.0 Å². The number of anilines is 1. The number of ether oxygens (including phenoxy) is 3. The van der Waals surface area contributed by atoms with E-state index < -0.39 is 11.8 Å². The van der Waals surface area contributed by atoms with Crippen LogP contribution < -0.4 is 4.90 Å². The Labute approximate surface area is 118 Å². The Morgan fingerprint density at radius 2 is 2.00 bits per heavy atom. The van der Waals surface area contributed by atoms with Crippen LogP contribution in [0.3, 0.4) is 0 Å². The molecule has 1 aromatic carbocycles. The average molecular weight is 277 g/mol. The van der Waals surface area contributed by atoms with Gasteiger partial charge in [-0.1, -0.05) is 18.2 Å². The van der Waals surface area contributed by atoms with E-state index in [4.69, 9.17) is 14.2 Å². The minimum atomic E-state index is -1.03. The van der Waals surface area contributed by atoms with Gasteiger partial charge in [-0.2, -0.15) is 0 Å². The molecular weight excluding hydrogens is 258 g/mol. The first-order valence-corrected chi connectivity index (χ1v) is 6.45. The second-order valence-corrected chi connectivity index (χ2v) is 4.49. The molecule has 20 heavy (non-hydrogen) atoms. The number of hydrogen-bond donors (Lipinski definition) is 0. The Bertz CT molecular complexity index is 540. The lowest BCUT2D eigenvalue weighted by Crippen LogP contribution is -2.55. The summed E-state index contributed by atoms with van der Waals surface area (Å²) in [6.45, 7) is 3.84. The molecular formula is C15H19NO4. The summed E-state index contributed by atoms with van der Waals surface area (Å²) in [5.74, 6) is 0.548. The first-order valence-electron chi connectivity index (χ1n) is 6.45. The normalized spacial score (nSPS) is 21.0. The predicted octanol–water partition coefficient (Wildman–Crippen LogP) is 3.01. The summed E-state index contributed by atoms with van der Waals surface area (Å²) in [4.78, 5) is 13.8. The highest BCUT2D eigenvalue weighted by Gasteiger charge is 2.45. The fourth-order valence-corrected chi connectivity index (χ4v) is 2.33. The zero-order chi connectivity index (χ0) is 14.8. The molecule has 1 aliphatic heterocycles. The third-order valence-electron chi connectivity index (χ3n) is 3.42. The molecule has 0 spiro atoms. The van der Waals surface area contributed by atoms with Crippen LogP contribution >= 0.6 is 0 Å². The molecule has 0 N–H and O–H groups in total. The Hall–Kier alpha value is -2.01. The molecule has 5 nitrogen and oxygen atoms in total. The maximum Gasteiger partial charge on any atom is 0.417 e. The largest absolute Gasteiger partial charge is 0.496 e. The van der Waals surface area contributed by atoms with E-state index in [2.05, 4.69) is 0 Å². The van der Waals surface area contributed by atoms with Crippen LogP contribution in [-0.4, -0.2) is 32.6 Å². The van der Waals surface area contributed by atoms with Crippen molar-refractivity contribution in [2.45, 2.75) is 19.6 Å². The molecule has 1 aliphatic rings. The number of hydrogen-bond acceptors (Lipinski definition) is 4. The summed E-state index contributed by atoms with van der Waals surface area (Å²) < 4.78 is 16.1. The Kier molecular flexibility index (Phi) is 3.99. The van der Waals surface area contributed by atoms with Gasteiger partial charge in [-0.25, -0.2) is 9.69 Å². The molecule has 0 saturated carbocycles. The monoisotopic (exact) mass is 277 g/mol. The summed E-state index contributed by atoms with van der Waals surface area (Å²) in [5, 5.41) is 0. The van der Waals surface area contributed by atoms with Crippen molar-refractivity contribution in [3.8, 4) is 0 Å². The third kappa shape index (κ3) is 2.14. The number of carbonyl (C=O) groups excluding carboxylic acids is 1. The van der Waals surface area contributed by atoms with E-state index >= 15 is 0 Å². The lowest BCUT2D eigenvalue weighted by Gasteiger charge is -2.42. The fourth-order valence-electron chi connectivity index (χ4n) is 2.33. The van der Waals surface area contributed by atoms with Crippen molar-refractivity contribution in [2.75, 3.05) is 25.7 Å². The van der Waals surface area contributed by atoms with Crippen LogP contribution in [0.15, 0.2) is 30.0 Å². The predicted molar refractivity (Wildman–Crippen MR) is 76.3 cm³/mol. The highest BCUT2D eigenvalue weighted by molar-refractivity contribution is 5.94. The first kappa shape index (κ1) is 14.4. The molecule has 0 radical (unpaired) electrons. The summed E-state index contributed by atoms with van der Waals surface area (Å²) in [5.41, 5.74) is 0.582. The van der Waals surface area contributed by atoms with Gasteiger partial charge in [0.05, 0.1) is 19.4 Å². The fraction of sp³-hybridized carbons (Fsp3) is 0.400. The molecule has 1 heterocycles. The topological polar surface area (TPSA) is 48.0 Å². The van der Waals surface area contributed by atoms with Crippen LogP contribution in [0.5, 0.6) is 0 Å². The Balaban J connectivity index is 2.60. The van der Waals surface area contributed by atoms with Gasteiger partial charge in [-0.15, -0.1) is 0 Å². The molecule has 1 unspecified atom stereocenters. The minimum absolute atomic E-state index is 0.295. The van der Waals surface area contributed by atoms with Crippen LogP contribution in [0.4, 0.5) is 10.5 Å². The van der Waals surface area contributed by atoms with Crippen molar-refractivity contribution in [3.63, 3.8) is 0 Å².